The fourth-order valence-electron chi connectivity index (χ4n) is 1.67. The summed E-state index contributed by atoms with van der Waals surface area (Å²) in [7, 11) is 0. The van der Waals surface area contributed by atoms with Crippen LogP contribution >= 0.6 is 22.9 Å². The van der Waals surface area contributed by atoms with Gasteiger partial charge in [-0.25, -0.2) is 0 Å². The van der Waals surface area contributed by atoms with Crippen LogP contribution in [0.3, 0.4) is 0 Å². The molecule has 3 atom stereocenters. The van der Waals surface area contributed by atoms with Gasteiger partial charge >= 0.3 is 0 Å². The molecule has 0 amide bonds. The fraction of sp³-hybridized carbons (Fsp3) is 0.556. The highest BCUT2D eigenvalue weighted by molar-refractivity contribution is 7.10. The van der Waals surface area contributed by atoms with Crippen molar-refractivity contribution in [3.8, 4) is 0 Å². The first-order valence-electron chi connectivity index (χ1n) is 3.90. The van der Waals surface area contributed by atoms with Crippen molar-refractivity contribution in [3.05, 3.63) is 22.4 Å². The van der Waals surface area contributed by atoms with E-state index < -0.39 is 0 Å². The molecule has 0 radical (unpaired) electrons. The zero-order valence-corrected chi connectivity index (χ0v) is 8.25. The molecular formula is C9H11ClS. The zero-order valence-electron chi connectivity index (χ0n) is 6.67. The summed E-state index contributed by atoms with van der Waals surface area (Å²) in [4.78, 5) is 1.31. The van der Waals surface area contributed by atoms with Gasteiger partial charge in [0.25, 0.3) is 0 Å². The lowest BCUT2D eigenvalue weighted by Crippen LogP contribution is -1.96. The van der Waals surface area contributed by atoms with E-state index in [1.165, 1.54) is 4.88 Å². The molecule has 0 aliphatic heterocycles. The lowest BCUT2D eigenvalue weighted by atomic mass is 10.2. The average molecular weight is 187 g/mol. The summed E-state index contributed by atoms with van der Waals surface area (Å²) in [6.07, 6.45) is 0. The highest BCUT2D eigenvalue weighted by Gasteiger charge is 2.59. The van der Waals surface area contributed by atoms with Crippen molar-refractivity contribution in [2.75, 3.05) is 0 Å². The van der Waals surface area contributed by atoms with Gasteiger partial charge in [-0.2, -0.15) is 0 Å². The molecule has 1 fully saturated rings. The minimum absolute atomic E-state index is 0.0197. The van der Waals surface area contributed by atoms with Crippen molar-refractivity contribution in [1.82, 2.24) is 0 Å². The van der Waals surface area contributed by atoms with Crippen molar-refractivity contribution in [1.29, 1.82) is 0 Å². The Morgan fingerprint density at radius 3 is 2.45 bits per heavy atom. The van der Waals surface area contributed by atoms with Crippen molar-refractivity contribution in [2.45, 2.75) is 18.7 Å². The van der Waals surface area contributed by atoms with Gasteiger partial charge in [0.2, 0.25) is 0 Å². The number of thiophene rings is 1. The van der Waals surface area contributed by atoms with Crippen LogP contribution in [-0.4, -0.2) is 0 Å². The maximum atomic E-state index is 6.42. The van der Waals surface area contributed by atoms with Crippen LogP contribution in [0, 0.1) is 11.8 Å². The SMILES string of the molecule is C[C@@H]1[C@H](C)C1(Cl)c1cccs1. The summed E-state index contributed by atoms with van der Waals surface area (Å²) in [5.74, 6) is 1.28. The van der Waals surface area contributed by atoms with Crippen LogP contribution in [0.1, 0.15) is 18.7 Å². The lowest BCUT2D eigenvalue weighted by molar-refractivity contribution is 0.834. The number of alkyl halides is 1. The van der Waals surface area contributed by atoms with Crippen LogP contribution < -0.4 is 0 Å². The van der Waals surface area contributed by atoms with Gasteiger partial charge in [0.05, 0.1) is 4.87 Å². The normalized spacial score (nSPS) is 42.5. The molecule has 0 N–H and O–H groups in total. The predicted molar refractivity (Wildman–Crippen MR) is 50.2 cm³/mol. The van der Waals surface area contributed by atoms with Gasteiger partial charge in [0, 0.05) is 4.88 Å². The molecule has 2 heteroatoms. The molecule has 2 rings (SSSR count). The molecule has 1 heterocycles. The summed E-state index contributed by atoms with van der Waals surface area (Å²) in [6.45, 7) is 4.44. The first kappa shape index (κ1) is 7.63. The highest BCUT2D eigenvalue weighted by Crippen LogP contribution is 2.63. The fourth-order valence-corrected chi connectivity index (χ4v) is 3.20. The van der Waals surface area contributed by atoms with Crippen LogP contribution in [0.15, 0.2) is 17.5 Å². The second-order valence-corrected chi connectivity index (χ2v) is 4.90. The van der Waals surface area contributed by atoms with Crippen LogP contribution in [0.25, 0.3) is 0 Å². The van der Waals surface area contributed by atoms with Crippen molar-refractivity contribution in [2.24, 2.45) is 11.8 Å². The zero-order chi connectivity index (χ0) is 8.06. The maximum Gasteiger partial charge on any atom is 0.0844 e. The van der Waals surface area contributed by atoms with Gasteiger partial charge in [-0.15, -0.1) is 22.9 Å². The summed E-state index contributed by atoms with van der Waals surface area (Å²) < 4.78 is 0. The van der Waals surface area contributed by atoms with Crippen LogP contribution in [0.4, 0.5) is 0 Å². The third-order valence-electron chi connectivity index (χ3n) is 2.87. The van der Waals surface area contributed by atoms with Crippen molar-refractivity contribution < 1.29 is 0 Å². The van der Waals surface area contributed by atoms with Gasteiger partial charge in [0.1, 0.15) is 0 Å². The summed E-state index contributed by atoms with van der Waals surface area (Å²) in [6, 6.07) is 4.21. The van der Waals surface area contributed by atoms with E-state index in [9.17, 15) is 0 Å². The van der Waals surface area contributed by atoms with Gasteiger partial charge in [-0.05, 0) is 23.3 Å². The molecule has 0 saturated heterocycles. The monoisotopic (exact) mass is 186 g/mol. The predicted octanol–water partition coefficient (Wildman–Crippen LogP) is 3.47. The topological polar surface area (TPSA) is 0 Å². The minimum atomic E-state index is -0.0197. The third kappa shape index (κ3) is 0.875. The molecule has 1 aromatic rings. The molecule has 60 valence electrons. The van der Waals surface area contributed by atoms with E-state index in [0.717, 1.165) is 0 Å². The molecule has 0 aromatic carbocycles. The molecule has 0 bridgehead atoms. The Labute approximate surface area is 76.2 Å². The first-order valence-corrected chi connectivity index (χ1v) is 5.16. The van der Waals surface area contributed by atoms with E-state index in [2.05, 4.69) is 31.4 Å². The van der Waals surface area contributed by atoms with Crippen molar-refractivity contribution >= 4 is 22.9 Å². The van der Waals surface area contributed by atoms with E-state index >= 15 is 0 Å². The Balaban J connectivity index is 2.32. The quantitative estimate of drug-likeness (QED) is 0.590. The molecule has 1 saturated carbocycles. The summed E-state index contributed by atoms with van der Waals surface area (Å²) >= 11 is 8.19. The summed E-state index contributed by atoms with van der Waals surface area (Å²) in [5.41, 5.74) is 0. The molecule has 1 aliphatic carbocycles. The van der Waals surface area contributed by atoms with E-state index in [1.807, 2.05) is 0 Å². The highest BCUT2D eigenvalue weighted by atomic mass is 35.5. The average Bonchev–Trinajstić information content (AvgIpc) is 2.52. The van der Waals surface area contributed by atoms with Gasteiger partial charge in [-0.1, -0.05) is 19.9 Å². The van der Waals surface area contributed by atoms with Crippen LogP contribution in [0.2, 0.25) is 0 Å². The number of halogens is 1. The molecule has 0 nitrogen and oxygen atoms in total. The number of hydrogen-bond acceptors (Lipinski definition) is 1. The minimum Gasteiger partial charge on any atom is -0.147 e. The van der Waals surface area contributed by atoms with E-state index in [0.29, 0.717) is 11.8 Å². The second kappa shape index (κ2) is 2.24. The molecule has 11 heavy (non-hydrogen) atoms. The van der Waals surface area contributed by atoms with E-state index in [1.54, 1.807) is 11.3 Å². The van der Waals surface area contributed by atoms with E-state index in [4.69, 9.17) is 11.6 Å². The Bertz CT molecular complexity index is 245. The molecule has 1 aliphatic rings. The van der Waals surface area contributed by atoms with Crippen molar-refractivity contribution in [3.63, 3.8) is 0 Å². The van der Waals surface area contributed by atoms with Gasteiger partial charge < -0.3 is 0 Å². The number of hydrogen-bond donors (Lipinski definition) is 0. The van der Waals surface area contributed by atoms with E-state index in [-0.39, 0.29) is 4.87 Å². The lowest BCUT2D eigenvalue weighted by Gasteiger charge is -2.03. The molecule has 1 aromatic heterocycles. The standard InChI is InChI=1S/C9H11ClS/c1-6-7(2)9(6,10)8-4-3-5-11-8/h3-7H,1-2H3/t6-,7+,9?. The summed E-state index contributed by atoms with van der Waals surface area (Å²) in [5, 5.41) is 2.09. The molecule has 1 unspecified atom stereocenters. The first-order chi connectivity index (χ1) is 5.17. The Hall–Kier alpha value is -0.0100. The smallest absolute Gasteiger partial charge is 0.0844 e. The Kier molecular flexibility index (Phi) is 1.55. The van der Waals surface area contributed by atoms with Crippen LogP contribution in [0.5, 0.6) is 0 Å². The Morgan fingerprint density at radius 2 is 2.09 bits per heavy atom. The molecular weight excluding hydrogens is 176 g/mol. The maximum absolute atomic E-state index is 6.42. The Morgan fingerprint density at radius 1 is 1.45 bits per heavy atom. The largest absolute Gasteiger partial charge is 0.147 e. The van der Waals surface area contributed by atoms with Gasteiger partial charge in [0.15, 0.2) is 0 Å². The third-order valence-corrected chi connectivity index (χ3v) is 4.89. The van der Waals surface area contributed by atoms with Gasteiger partial charge in [-0.3, -0.25) is 0 Å². The number of rotatable bonds is 1. The second-order valence-electron chi connectivity index (χ2n) is 3.32. The molecule has 0 spiro atoms. The van der Waals surface area contributed by atoms with Crippen LogP contribution in [-0.2, 0) is 4.87 Å².